The van der Waals surface area contributed by atoms with Crippen LogP contribution in [-0.4, -0.2) is 32.9 Å². The van der Waals surface area contributed by atoms with Crippen molar-refractivity contribution in [2.45, 2.75) is 20.0 Å². The molecule has 0 bridgehead atoms. The van der Waals surface area contributed by atoms with Crippen LogP contribution in [0.1, 0.15) is 18.4 Å². The number of nitrogens with one attached hydrogen (secondary N) is 1. The molecule has 20 heavy (non-hydrogen) atoms. The SMILES string of the molecule is CCOCc1nc(N)cc(NCCc2ccn(C)n2)n1. The molecule has 2 rings (SSSR count). The van der Waals surface area contributed by atoms with Crippen molar-refractivity contribution in [1.29, 1.82) is 0 Å². The largest absolute Gasteiger partial charge is 0.384 e. The van der Waals surface area contributed by atoms with Crippen LogP contribution in [0.15, 0.2) is 18.3 Å². The van der Waals surface area contributed by atoms with E-state index in [1.54, 1.807) is 10.7 Å². The van der Waals surface area contributed by atoms with Gasteiger partial charge >= 0.3 is 0 Å². The van der Waals surface area contributed by atoms with E-state index < -0.39 is 0 Å². The van der Waals surface area contributed by atoms with Crippen LogP contribution in [0.2, 0.25) is 0 Å². The minimum absolute atomic E-state index is 0.371. The molecule has 0 aliphatic carbocycles. The number of ether oxygens (including phenoxy) is 1. The van der Waals surface area contributed by atoms with E-state index in [2.05, 4.69) is 20.4 Å². The summed E-state index contributed by atoms with van der Waals surface area (Å²) in [7, 11) is 1.90. The molecule has 0 fully saturated rings. The van der Waals surface area contributed by atoms with Crippen molar-refractivity contribution in [3.05, 3.63) is 29.8 Å². The highest BCUT2D eigenvalue weighted by atomic mass is 16.5. The van der Waals surface area contributed by atoms with Crippen molar-refractivity contribution in [1.82, 2.24) is 19.7 Å². The minimum atomic E-state index is 0.371. The quantitative estimate of drug-likeness (QED) is 0.783. The summed E-state index contributed by atoms with van der Waals surface area (Å²) in [4.78, 5) is 8.48. The molecular formula is C13H20N6O. The predicted molar refractivity (Wildman–Crippen MR) is 77.2 cm³/mol. The van der Waals surface area contributed by atoms with Gasteiger partial charge in [-0.2, -0.15) is 5.10 Å². The Hall–Kier alpha value is -2.15. The van der Waals surface area contributed by atoms with E-state index in [0.29, 0.717) is 30.7 Å². The molecule has 3 N–H and O–H groups in total. The molecule has 0 aliphatic heterocycles. The van der Waals surface area contributed by atoms with Gasteiger partial charge < -0.3 is 15.8 Å². The summed E-state index contributed by atoms with van der Waals surface area (Å²) in [6.07, 6.45) is 2.75. The second-order valence-electron chi connectivity index (χ2n) is 4.39. The maximum absolute atomic E-state index is 5.75. The van der Waals surface area contributed by atoms with Gasteiger partial charge in [-0.05, 0) is 13.0 Å². The molecule has 0 atom stereocenters. The number of nitrogen functional groups attached to an aromatic ring is 1. The van der Waals surface area contributed by atoms with E-state index in [-0.39, 0.29) is 0 Å². The number of aromatic nitrogens is 4. The second-order valence-corrected chi connectivity index (χ2v) is 4.39. The third-order valence-electron chi connectivity index (χ3n) is 2.68. The summed E-state index contributed by atoms with van der Waals surface area (Å²) in [6.45, 7) is 3.66. The maximum atomic E-state index is 5.75. The highest BCUT2D eigenvalue weighted by Gasteiger charge is 2.03. The lowest BCUT2D eigenvalue weighted by atomic mass is 10.3. The third-order valence-corrected chi connectivity index (χ3v) is 2.68. The average Bonchev–Trinajstić information content (AvgIpc) is 2.81. The first kappa shape index (κ1) is 14.3. The lowest BCUT2D eigenvalue weighted by molar-refractivity contribution is 0.128. The van der Waals surface area contributed by atoms with Gasteiger partial charge in [-0.25, -0.2) is 9.97 Å². The van der Waals surface area contributed by atoms with E-state index in [9.17, 15) is 0 Å². The Bertz CT molecular complexity index is 554. The van der Waals surface area contributed by atoms with Gasteiger partial charge in [0.05, 0.1) is 5.69 Å². The van der Waals surface area contributed by atoms with Crippen molar-refractivity contribution in [2.75, 3.05) is 24.2 Å². The predicted octanol–water partition coefficient (Wildman–Crippen LogP) is 0.983. The Balaban J connectivity index is 1.89. The fourth-order valence-electron chi connectivity index (χ4n) is 1.78. The van der Waals surface area contributed by atoms with Crippen LogP contribution in [-0.2, 0) is 24.8 Å². The second kappa shape index (κ2) is 6.85. The van der Waals surface area contributed by atoms with Crippen LogP contribution in [0, 0.1) is 0 Å². The molecule has 2 heterocycles. The van der Waals surface area contributed by atoms with Crippen LogP contribution in [0.4, 0.5) is 11.6 Å². The van der Waals surface area contributed by atoms with Crippen LogP contribution in [0.5, 0.6) is 0 Å². The molecule has 2 aromatic heterocycles. The van der Waals surface area contributed by atoms with Gasteiger partial charge in [0, 0.05) is 38.9 Å². The van der Waals surface area contributed by atoms with Crippen molar-refractivity contribution in [3.63, 3.8) is 0 Å². The molecule has 2 aromatic rings. The summed E-state index contributed by atoms with van der Waals surface area (Å²) in [5.74, 6) is 1.74. The van der Waals surface area contributed by atoms with E-state index >= 15 is 0 Å². The van der Waals surface area contributed by atoms with Gasteiger partial charge in [0.1, 0.15) is 18.2 Å². The van der Waals surface area contributed by atoms with Crippen molar-refractivity contribution in [3.8, 4) is 0 Å². The average molecular weight is 276 g/mol. The zero-order valence-electron chi connectivity index (χ0n) is 11.8. The Morgan fingerprint density at radius 3 is 2.95 bits per heavy atom. The Morgan fingerprint density at radius 1 is 1.40 bits per heavy atom. The summed E-state index contributed by atoms with van der Waals surface area (Å²) in [5.41, 5.74) is 6.79. The molecule has 108 valence electrons. The number of nitrogens with zero attached hydrogens (tertiary/aromatic N) is 4. The number of rotatable bonds is 7. The number of nitrogens with two attached hydrogens (primary N) is 1. The van der Waals surface area contributed by atoms with Crippen molar-refractivity contribution < 1.29 is 4.74 Å². The maximum Gasteiger partial charge on any atom is 0.158 e. The van der Waals surface area contributed by atoms with Gasteiger partial charge in [-0.3, -0.25) is 4.68 Å². The number of hydrogen-bond acceptors (Lipinski definition) is 6. The minimum Gasteiger partial charge on any atom is -0.384 e. The highest BCUT2D eigenvalue weighted by molar-refractivity contribution is 5.44. The fraction of sp³-hybridized carbons (Fsp3) is 0.462. The number of anilines is 2. The first-order valence-electron chi connectivity index (χ1n) is 6.61. The van der Waals surface area contributed by atoms with Crippen LogP contribution in [0.3, 0.4) is 0 Å². The first-order chi connectivity index (χ1) is 9.67. The molecular weight excluding hydrogens is 256 g/mol. The van der Waals surface area contributed by atoms with Gasteiger partial charge in [0.2, 0.25) is 0 Å². The Kier molecular flexibility index (Phi) is 4.89. The molecule has 0 spiro atoms. The fourth-order valence-corrected chi connectivity index (χ4v) is 1.78. The normalized spacial score (nSPS) is 10.7. The summed E-state index contributed by atoms with van der Waals surface area (Å²) < 4.78 is 7.07. The van der Waals surface area contributed by atoms with Gasteiger partial charge in [-0.1, -0.05) is 0 Å². The Morgan fingerprint density at radius 2 is 2.25 bits per heavy atom. The smallest absolute Gasteiger partial charge is 0.158 e. The van der Waals surface area contributed by atoms with E-state index in [1.165, 1.54) is 0 Å². The standard InChI is InChI=1S/C13H20N6O/c1-3-20-9-13-16-11(14)8-12(17-13)15-6-4-10-5-7-19(2)18-10/h5,7-8H,3-4,6,9H2,1-2H3,(H3,14,15,16,17). The van der Waals surface area contributed by atoms with Crippen LogP contribution >= 0.6 is 0 Å². The van der Waals surface area contributed by atoms with Gasteiger partial charge in [-0.15, -0.1) is 0 Å². The zero-order chi connectivity index (χ0) is 14.4. The molecule has 7 nitrogen and oxygen atoms in total. The zero-order valence-corrected chi connectivity index (χ0v) is 11.8. The number of aryl methyl sites for hydroxylation is 1. The molecule has 0 radical (unpaired) electrons. The lowest BCUT2D eigenvalue weighted by Gasteiger charge is -2.07. The van der Waals surface area contributed by atoms with Crippen molar-refractivity contribution >= 4 is 11.6 Å². The van der Waals surface area contributed by atoms with E-state index in [0.717, 1.165) is 18.7 Å². The third kappa shape index (κ3) is 4.20. The monoisotopic (exact) mass is 276 g/mol. The molecule has 0 saturated carbocycles. The van der Waals surface area contributed by atoms with Crippen molar-refractivity contribution in [2.24, 2.45) is 7.05 Å². The Labute approximate surface area is 118 Å². The van der Waals surface area contributed by atoms with Gasteiger partial charge in [0.25, 0.3) is 0 Å². The summed E-state index contributed by atoms with van der Waals surface area (Å²) in [6, 6.07) is 3.71. The molecule has 0 amide bonds. The van der Waals surface area contributed by atoms with Crippen LogP contribution in [0.25, 0.3) is 0 Å². The molecule has 7 heteroatoms. The lowest BCUT2D eigenvalue weighted by Crippen LogP contribution is -2.10. The topological polar surface area (TPSA) is 90.9 Å². The molecule has 0 saturated heterocycles. The van der Waals surface area contributed by atoms with Crippen LogP contribution < -0.4 is 11.1 Å². The molecule has 0 aliphatic rings. The van der Waals surface area contributed by atoms with Gasteiger partial charge in [0.15, 0.2) is 5.82 Å². The van der Waals surface area contributed by atoms with E-state index in [1.807, 2.05) is 26.2 Å². The van der Waals surface area contributed by atoms with E-state index in [4.69, 9.17) is 10.5 Å². The summed E-state index contributed by atoms with van der Waals surface area (Å²) >= 11 is 0. The first-order valence-corrected chi connectivity index (χ1v) is 6.61. The summed E-state index contributed by atoms with van der Waals surface area (Å²) in [5, 5.41) is 7.54. The molecule has 0 unspecified atom stereocenters. The highest BCUT2D eigenvalue weighted by Crippen LogP contribution is 2.09. The number of hydrogen-bond donors (Lipinski definition) is 2. The molecule has 0 aromatic carbocycles.